The van der Waals surface area contributed by atoms with Crippen molar-refractivity contribution in [2.24, 2.45) is 0 Å². The summed E-state index contributed by atoms with van der Waals surface area (Å²) in [7, 11) is 1.88. The van der Waals surface area contributed by atoms with Gasteiger partial charge in [0.1, 0.15) is 24.5 Å². The van der Waals surface area contributed by atoms with Crippen molar-refractivity contribution in [3.63, 3.8) is 0 Å². The minimum absolute atomic E-state index is 0.562. The van der Waals surface area contributed by atoms with E-state index in [2.05, 4.69) is 37.3 Å². The molecular weight excluding hydrogens is 366 g/mol. The molecule has 0 saturated carbocycles. The Morgan fingerprint density at radius 1 is 1.00 bits per heavy atom. The number of nitrogens with one attached hydrogen (secondary N) is 2. The van der Waals surface area contributed by atoms with Gasteiger partial charge in [0.15, 0.2) is 11.5 Å². The fourth-order valence-corrected chi connectivity index (χ4v) is 3.48. The van der Waals surface area contributed by atoms with Crippen LogP contribution in [0.3, 0.4) is 0 Å². The third-order valence-electron chi connectivity index (χ3n) is 4.86. The molecule has 5 rings (SSSR count). The topological polar surface area (TPSA) is 73.2 Å². The molecule has 146 valence electrons. The van der Waals surface area contributed by atoms with Crippen LogP contribution in [-0.4, -0.2) is 34.8 Å². The number of hydrogen-bond donors (Lipinski definition) is 2. The Morgan fingerprint density at radius 2 is 1.83 bits per heavy atom. The van der Waals surface area contributed by atoms with E-state index in [4.69, 9.17) is 9.47 Å². The molecule has 4 aromatic rings. The summed E-state index contributed by atoms with van der Waals surface area (Å²) in [5, 5.41) is 6.54. The molecule has 0 amide bonds. The van der Waals surface area contributed by atoms with Crippen LogP contribution in [0.5, 0.6) is 11.5 Å². The Bertz CT molecular complexity index is 1160. The highest BCUT2D eigenvalue weighted by molar-refractivity contribution is 5.81. The summed E-state index contributed by atoms with van der Waals surface area (Å²) in [5.74, 6) is 3.06. The molecule has 2 aromatic heterocycles. The predicted molar refractivity (Wildman–Crippen MR) is 113 cm³/mol. The highest BCUT2D eigenvalue weighted by Crippen LogP contribution is 2.33. The molecule has 1 aliphatic rings. The molecule has 0 atom stereocenters. The molecule has 2 N–H and O–H groups in total. The fourth-order valence-electron chi connectivity index (χ4n) is 3.48. The molecule has 0 saturated heterocycles. The van der Waals surface area contributed by atoms with Gasteiger partial charge in [0.2, 0.25) is 5.95 Å². The van der Waals surface area contributed by atoms with Gasteiger partial charge >= 0.3 is 0 Å². The van der Waals surface area contributed by atoms with Gasteiger partial charge < -0.3 is 24.7 Å². The molecule has 0 radical (unpaired) electrons. The van der Waals surface area contributed by atoms with E-state index in [0.29, 0.717) is 13.2 Å². The van der Waals surface area contributed by atoms with Crippen molar-refractivity contribution in [2.45, 2.75) is 6.54 Å². The van der Waals surface area contributed by atoms with Gasteiger partial charge in [-0.15, -0.1) is 0 Å². The third kappa shape index (κ3) is 3.42. The van der Waals surface area contributed by atoms with Gasteiger partial charge in [-0.3, -0.25) is 0 Å². The number of nitrogens with zero attached hydrogens (tertiary/aromatic N) is 3. The van der Waals surface area contributed by atoms with Crippen LogP contribution in [0.1, 0.15) is 5.56 Å². The van der Waals surface area contributed by atoms with Gasteiger partial charge in [-0.25, -0.2) is 9.97 Å². The van der Waals surface area contributed by atoms with E-state index in [1.54, 1.807) is 6.20 Å². The van der Waals surface area contributed by atoms with Crippen molar-refractivity contribution in [1.82, 2.24) is 14.5 Å². The maximum absolute atomic E-state index is 5.67. The maximum atomic E-state index is 5.67. The lowest BCUT2D eigenvalue weighted by Gasteiger charge is -2.19. The monoisotopic (exact) mass is 387 g/mol. The van der Waals surface area contributed by atoms with Gasteiger partial charge in [-0.05, 0) is 17.7 Å². The average Bonchev–Trinajstić information content (AvgIpc) is 3.11. The number of fused-ring (bicyclic) bond motifs is 2. The van der Waals surface area contributed by atoms with Crippen molar-refractivity contribution in [3.05, 3.63) is 66.4 Å². The van der Waals surface area contributed by atoms with Gasteiger partial charge in [0, 0.05) is 24.9 Å². The van der Waals surface area contributed by atoms with Crippen LogP contribution in [0.15, 0.2) is 60.8 Å². The summed E-state index contributed by atoms with van der Waals surface area (Å²) in [6.07, 6.45) is 1.79. The molecule has 29 heavy (non-hydrogen) atoms. The lowest BCUT2D eigenvalue weighted by molar-refractivity contribution is 0.171. The maximum Gasteiger partial charge on any atom is 0.203 e. The summed E-state index contributed by atoms with van der Waals surface area (Å²) in [4.78, 5) is 9.18. The molecule has 0 unspecified atom stereocenters. The molecule has 0 spiro atoms. The number of rotatable bonds is 5. The van der Waals surface area contributed by atoms with E-state index in [0.717, 1.165) is 46.5 Å². The molecule has 0 bridgehead atoms. The first-order valence-electron chi connectivity index (χ1n) is 9.55. The number of imidazole rings is 1. The molecule has 1 aliphatic heterocycles. The summed E-state index contributed by atoms with van der Waals surface area (Å²) in [6.45, 7) is 1.87. The molecule has 7 nitrogen and oxygen atoms in total. The van der Waals surface area contributed by atoms with Crippen LogP contribution >= 0.6 is 0 Å². The molecule has 0 aliphatic carbocycles. The molecule has 2 aromatic carbocycles. The van der Waals surface area contributed by atoms with Crippen molar-refractivity contribution >= 4 is 28.5 Å². The van der Waals surface area contributed by atoms with Crippen LogP contribution in [0, 0.1) is 0 Å². The Labute approximate surface area is 168 Å². The molecule has 7 heteroatoms. The Kier molecular flexibility index (Phi) is 4.40. The Morgan fingerprint density at radius 3 is 2.66 bits per heavy atom. The van der Waals surface area contributed by atoms with Crippen LogP contribution in [0.4, 0.5) is 17.5 Å². The van der Waals surface area contributed by atoms with E-state index in [1.807, 2.05) is 49.5 Å². The van der Waals surface area contributed by atoms with Gasteiger partial charge in [-0.1, -0.05) is 30.3 Å². The normalized spacial score (nSPS) is 12.7. The second-order valence-electron chi connectivity index (χ2n) is 6.80. The summed E-state index contributed by atoms with van der Waals surface area (Å²) in [6, 6.07) is 18.2. The highest BCUT2D eigenvalue weighted by atomic mass is 16.6. The predicted octanol–water partition coefficient (Wildman–Crippen LogP) is 4.04. The third-order valence-corrected chi connectivity index (χ3v) is 4.86. The minimum Gasteiger partial charge on any atom is -0.486 e. The molecule has 0 fully saturated rings. The smallest absolute Gasteiger partial charge is 0.203 e. The van der Waals surface area contributed by atoms with E-state index in [9.17, 15) is 0 Å². The van der Waals surface area contributed by atoms with E-state index < -0.39 is 0 Å². The number of anilines is 3. The van der Waals surface area contributed by atoms with Gasteiger partial charge in [0.25, 0.3) is 0 Å². The number of aromatic nitrogens is 3. The lowest BCUT2D eigenvalue weighted by atomic mass is 10.2. The Balaban J connectivity index is 1.48. The van der Waals surface area contributed by atoms with E-state index in [-0.39, 0.29) is 0 Å². The highest BCUT2D eigenvalue weighted by Gasteiger charge is 2.14. The van der Waals surface area contributed by atoms with Gasteiger partial charge in [0.05, 0.1) is 18.3 Å². The summed E-state index contributed by atoms with van der Waals surface area (Å²) < 4.78 is 13.4. The quantitative estimate of drug-likeness (QED) is 0.539. The van der Waals surface area contributed by atoms with E-state index in [1.165, 1.54) is 5.56 Å². The minimum atomic E-state index is 0.562. The van der Waals surface area contributed by atoms with Gasteiger partial charge in [-0.2, -0.15) is 0 Å². The van der Waals surface area contributed by atoms with Crippen LogP contribution in [-0.2, 0) is 6.54 Å². The van der Waals surface area contributed by atoms with Crippen molar-refractivity contribution in [2.75, 3.05) is 30.9 Å². The van der Waals surface area contributed by atoms with Crippen molar-refractivity contribution in [1.29, 1.82) is 0 Å². The van der Waals surface area contributed by atoms with E-state index >= 15 is 0 Å². The van der Waals surface area contributed by atoms with Crippen LogP contribution in [0.2, 0.25) is 0 Å². The van der Waals surface area contributed by atoms with Crippen molar-refractivity contribution < 1.29 is 9.47 Å². The second kappa shape index (κ2) is 7.35. The number of ether oxygens (including phenoxy) is 2. The summed E-state index contributed by atoms with van der Waals surface area (Å²) in [5.41, 5.74) is 3.96. The Hall–Kier alpha value is -3.74. The average molecular weight is 387 g/mol. The summed E-state index contributed by atoms with van der Waals surface area (Å²) >= 11 is 0. The largest absolute Gasteiger partial charge is 0.486 e. The number of hydrogen-bond acceptors (Lipinski definition) is 6. The zero-order chi connectivity index (χ0) is 19.6. The zero-order valence-electron chi connectivity index (χ0n) is 16.1. The SMILES string of the molecule is CNc1nc2cnc(Nc3ccc4c(c3)OCCO4)cc2n1Cc1ccccc1. The first kappa shape index (κ1) is 17.4. The van der Waals surface area contributed by atoms with Crippen molar-refractivity contribution in [3.8, 4) is 11.5 Å². The second-order valence-corrected chi connectivity index (χ2v) is 6.80. The molecule has 3 heterocycles. The van der Waals surface area contributed by atoms with Crippen LogP contribution < -0.4 is 20.1 Å². The zero-order valence-corrected chi connectivity index (χ0v) is 16.1. The first-order valence-corrected chi connectivity index (χ1v) is 9.55. The molecular formula is C22H21N5O2. The number of pyridine rings is 1. The first-order chi connectivity index (χ1) is 14.3. The lowest BCUT2D eigenvalue weighted by Crippen LogP contribution is -2.15. The van der Waals surface area contributed by atoms with Crippen LogP contribution in [0.25, 0.3) is 11.0 Å². The fraction of sp³-hybridized carbons (Fsp3) is 0.182. The number of benzene rings is 2. The standard InChI is InChI=1S/C22H21N5O2/c1-23-22-26-17-13-24-21(12-18(17)27(22)14-15-5-3-2-4-6-15)25-16-7-8-19-20(11-16)29-10-9-28-19/h2-8,11-13H,9-10,14H2,1H3,(H,23,26)(H,24,25).